The molecular formula is C11H18O6. The summed E-state index contributed by atoms with van der Waals surface area (Å²) < 4.78 is 8.80. The summed E-state index contributed by atoms with van der Waals surface area (Å²) in [5.74, 6) is -1.08. The van der Waals surface area contributed by atoms with E-state index in [1.54, 1.807) is 0 Å². The molecule has 0 bridgehead atoms. The van der Waals surface area contributed by atoms with E-state index in [4.69, 9.17) is 9.84 Å². The fourth-order valence-electron chi connectivity index (χ4n) is 1.09. The second-order valence-electron chi connectivity index (χ2n) is 3.52. The topological polar surface area (TPSA) is 89.9 Å². The highest BCUT2D eigenvalue weighted by molar-refractivity contribution is 5.80. The number of hydrogen-bond donors (Lipinski definition) is 1. The van der Waals surface area contributed by atoms with E-state index >= 15 is 0 Å². The highest BCUT2D eigenvalue weighted by atomic mass is 16.7. The van der Waals surface area contributed by atoms with Gasteiger partial charge in [-0.1, -0.05) is 13.3 Å². The van der Waals surface area contributed by atoms with Crippen molar-refractivity contribution in [2.24, 2.45) is 0 Å². The van der Waals surface area contributed by atoms with Crippen LogP contribution in [0, 0.1) is 0 Å². The number of carboxylic acid groups (broad SMARTS) is 1. The van der Waals surface area contributed by atoms with E-state index in [2.05, 4.69) is 4.74 Å². The third-order valence-corrected chi connectivity index (χ3v) is 1.97. The van der Waals surface area contributed by atoms with Crippen LogP contribution in [0.15, 0.2) is 0 Å². The first-order valence-corrected chi connectivity index (χ1v) is 5.65. The molecule has 0 aromatic heterocycles. The first kappa shape index (κ1) is 15.4. The van der Waals surface area contributed by atoms with Gasteiger partial charge in [0, 0.05) is 12.8 Å². The second-order valence-corrected chi connectivity index (χ2v) is 3.52. The average molecular weight is 246 g/mol. The lowest BCUT2D eigenvalue weighted by Crippen LogP contribution is -2.10. The van der Waals surface area contributed by atoms with Crippen molar-refractivity contribution in [1.29, 1.82) is 0 Å². The monoisotopic (exact) mass is 246 g/mol. The molecule has 0 saturated carbocycles. The van der Waals surface area contributed by atoms with Crippen LogP contribution in [0.1, 0.15) is 45.4 Å². The summed E-state index contributed by atoms with van der Waals surface area (Å²) in [6.07, 6.45) is 1.34. The molecule has 1 N–H and O–H groups in total. The Bertz CT molecular complexity index is 261. The molecule has 0 amide bonds. The van der Waals surface area contributed by atoms with Gasteiger partial charge in [-0.3, -0.25) is 9.59 Å². The quantitative estimate of drug-likeness (QED) is 0.400. The molecule has 0 aromatic rings. The van der Waals surface area contributed by atoms with E-state index in [9.17, 15) is 14.4 Å². The first-order valence-electron chi connectivity index (χ1n) is 5.65. The van der Waals surface area contributed by atoms with Crippen LogP contribution < -0.4 is 0 Å². The summed E-state index contributed by atoms with van der Waals surface area (Å²) in [4.78, 5) is 31.9. The van der Waals surface area contributed by atoms with Crippen molar-refractivity contribution in [2.75, 3.05) is 6.61 Å². The molecule has 17 heavy (non-hydrogen) atoms. The standard InChI is InChI=1S/C11H18O6/c1-2-3-8-16-9(12)6-4-5-7-10(13)17-11(14)15/h2-8H2,1H3,(H,14,15). The van der Waals surface area contributed by atoms with Gasteiger partial charge >= 0.3 is 18.1 Å². The van der Waals surface area contributed by atoms with E-state index < -0.39 is 12.1 Å². The molecule has 0 fully saturated rings. The van der Waals surface area contributed by atoms with Crippen molar-refractivity contribution < 1.29 is 29.0 Å². The maximum atomic E-state index is 11.1. The van der Waals surface area contributed by atoms with Gasteiger partial charge in [0.25, 0.3) is 0 Å². The second kappa shape index (κ2) is 9.62. The van der Waals surface area contributed by atoms with Crippen LogP contribution in [0.5, 0.6) is 0 Å². The zero-order chi connectivity index (χ0) is 13.1. The Morgan fingerprint density at radius 3 is 2.12 bits per heavy atom. The van der Waals surface area contributed by atoms with Gasteiger partial charge in [-0.25, -0.2) is 4.79 Å². The van der Waals surface area contributed by atoms with Crippen molar-refractivity contribution in [2.45, 2.75) is 45.4 Å². The molecule has 0 saturated heterocycles. The van der Waals surface area contributed by atoms with Gasteiger partial charge in [-0.2, -0.15) is 0 Å². The molecule has 0 aromatic carbocycles. The lowest BCUT2D eigenvalue weighted by molar-refractivity contribution is -0.144. The Hall–Kier alpha value is -1.59. The van der Waals surface area contributed by atoms with Crippen LogP contribution >= 0.6 is 0 Å². The maximum absolute atomic E-state index is 11.1. The van der Waals surface area contributed by atoms with Gasteiger partial charge in [0.2, 0.25) is 0 Å². The summed E-state index contributed by atoms with van der Waals surface area (Å²) in [5, 5.41) is 8.13. The predicted octanol–water partition coefficient (Wildman–Crippen LogP) is 2.11. The summed E-state index contributed by atoms with van der Waals surface area (Å²) in [6.45, 7) is 2.43. The smallest absolute Gasteiger partial charge is 0.466 e. The van der Waals surface area contributed by atoms with Crippen LogP contribution in [0.2, 0.25) is 0 Å². The molecule has 0 spiro atoms. The largest absolute Gasteiger partial charge is 0.513 e. The van der Waals surface area contributed by atoms with Crippen LogP contribution in [-0.2, 0) is 19.1 Å². The minimum absolute atomic E-state index is 0.00542. The van der Waals surface area contributed by atoms with E-state index in [1.165, 1.54) is 0 Å². The molecule has 0 aliphatic heterocycles. The van der Waals surface area contributed by atoms with Gasteiger partial charge in [0.1, 0.15) is 0 Å². The van der Waals surface area contributed by atoms with Crippen molar-refractivity contribution >= 4 is 18.1 Å². The Kier molecular flexibility index (Phi) is 8.72. The zero-order valence-electron chi connectivity index (χ0n) is 9.94. The molecule has 0 atom stereocenters. The molecule has 6 nitrogen and oxygen atoms in total. The third kappa shape index (κ3) is 10.7. The predicted molar refractivity (Wildman–Crippen MR) is 58.5 cm³/mol. The van der Waals surface area contributed by atoms with E-state index in [0.717, 1.165) is 12.8 Å². The normalized spacial score (nSPS) is 9.71. The number of ether oxygens (including phenoxy) is 2. The van der Waals surface area contributed by atoms with Crippen LogP contribution in [-0.4, -0.2) is 29.8 Å². The summed E-state index contributed by atoms with van der Waals surface area (Å²) in [5.41, 5.74) is 0. The first-order chi connectivity index (χ1) is 8.06. The average Bonchev–Trinajstić information content (AvgIpc) is 2.24. The molecule has 0 aliphatic carbocycles. The number of hydrogen-bond acceptors (Lipinski definition) is 5. The van der Waals surface area contributed by atoms with Gasteiger partial charge in [0.15, 0.2) is 0 Å². The Labute approximate surface area is 99.9 Å². The summed E-state index contributed by atoms with van der Waals surface area (Å²) in [6, 6.07) is 0. The Morgan fingerprint density at radius 2 is 1.59 bits per heavy atom. The number of unbranched alkanes of at least 4 members (excludes halogenated alkanes) is 2. The van der Waals surface area contributed by atoms with Crippen LogP contribution in [0.3, 0.4) is 0 Å². The number of esters is 2. The van der Waals surface area contributed by atoms with Crippen LogP contribution in [0.4, 0.5) is 4.79 Å². The molecule has 0 aliphatic rings. The molecule has 6 heteroatoms. The fraction of sp³-hybridized carbons (Fsp3) is 0.727. The minimum Gasteiger partial charge on any atom is -0.466 e. The SMILES string of the molecule is CCCCOC(=O)CCCCC(=O)OC(=O)O. The summed E-state index contributed by atoms with van der Waals surface area (Å²) in [7, 11) is 0. The molecule has 0 rings (SSSR count). The lowest BCUT2D eigenvalue weighted by Gasteiger charge is -2.03. The molecule has 0 radical (unpaired) electrons. The minimum atomic E-state index is -1.60. The highest BCUT2D eigenvalue weighted by Gasteiger charge is 2.08. The van der Waals surface area contributed by atoms with Crippen molar-refractivity contribution in [3.05, 3.63) is 0 Å². The van der Waals surface area contributed by atoms with Gasteiger partial charge in [-0.15, -0.1) is 0 Å². The Balaban J connectivity index is 3.41. The van der Waals surface area contributed by atoms with Crippen LogP contribution in [0.25, 0.3) is 0 Å². The molecule has 0 unspecified atom stereocenters. The van der Waals surface area contributed by atoms with Gasteiger partial charge in [0.05, 0.1) is 6.61 Å². The van der Waals surface area contributed by atoms with E-state index in [-0.39, 0.29) is 18.8 Å². The number of carbonyl (C=O) groups excluding carboxylic acids is 2. The van der Waals surface area contributed by atoms with E-state index in [0.29, 0.717) is 19.4 Å². The summed E-state index contributed by atoms with van der Waals surface area (Å²) >= 11 is 0. The maximum Gasteiger partial charge on any atom is 0.513 e. The molecular weight excluding hydrogens is 228 g/mol. The van der Waals surface area contributed by atoms with E-state index in [1.807, 2.05) is 6.92 Å². The van der Waals surface area contributed by atoms with Crippen molar-refractivity contribution in [1.82, 2.24) is 0 Å². The van der Waals surface area contributed by atoms with Crippen molar-refractivity contribution in [3.63, 3.8) is 0 Å². The Morgan fingerprint density at radius 1 is 1.00 bits per heavy atom. The van der Waals surface area contributed by atoms with Crippen molar-refractivity contribution in [3.8, 4) is 0 Å². The fourth-order valence-corrected chi connectivity index (χ4v) is 1.09. The lowest BCUT2D eigenvalue weighted by atomic mass is 10.2. The highest BCUT2D eigenvalue weighted by Crippen LogP contribution is 2.03. The zero-order valence-corrected chi connectivity index (χ0v) is 9.94. The number of rotatable bonds is 8. The third-order valence-electron chi connectivity index (χ3n) is 1.97. The molecule has 98 valence electrons. The van der Waals surface area contributed by atoms with Gasteiger partial charge in [-0.05, 0) is 19.3 Å². The molecule has 0 heterocycles. The van der Waals surface area contributed by atoms with Gasteiger partial charge < -0.3 is 14.6 Å². The number of carbonyl (C=O) groups is 3.